The Kier molecular flexibility index (Phi) is 5.13. The monoisotopic (exact) mass is 357 g/mol. The van der Waals surface area contributed by atoms with E-state index in [0.29, 0.717) is 5.75 Å². The molecule has 25 heavy (non-hydrogen) atoms. The Hall–Kier alpha value is -2.28. The van der Waals surface area contributed by atoms with E-state index in [-0.39, 0.29) is 17.9 Å². The lowest BCUT2D eigenvalue weighted by Gasteiger charge is -2.20. The number of aromatic amines is 1. The Bertz CT molecular complexity index is 883. The molecule has 0 spiro atoms. The summed E-state index contributed by atoms with van der Waals surface area (Å²) in [5.74, 6) is 1.32. The number of benzene rings is 1. The van der Waals surface area contributed by atoms with Gasteiger partial charge in [0.05, 0.1) is 22.8 Å². The summed E-state index contributed by atoms with van der Waals surface area (Å²) in [6, 6.07) is 5.96. The molecule has 0 bridgehead atoms. The normalized spacial score (nSPS) is 12.7. The summed E-state index contributed by atoms with van der Waals surface area (Å²) in [4.78, 5) is 24.6. The Morgan fingerprint density at radius 2 is 2.20 bits per heavy atom. The number of carbonyl (C=O) groups is 1. The van der Waals surface area contributed by atoms with Crippen LogP contribution in [0.2, 0.25) is 0 Å². The molecule has 3 rings (SSSR count). The zero-order valence-electron chi connectivity index (χ0n) is 14.9. The number of H-pyrrole nitrogens is 1. The van der Waals surface area contributed by atoms with Crippen molar-refractivity contribution in [3.05, 3.63) is 42.0 Å². The van der Waals surface area contributed by atoms with Gasteiger partial charge in [-0.2, -0.15) is 0 Å². The number of nitrogens with zero attached hydrogens (tertiary/aromatic N) is 3. The van der Waals surface area contributed by atoms with Crippen molar-refractivity contribution in [3.8, 4) is 0 Å². The molecule has 0 saturated heterocycles. The van der Waals surface area contributed by atoms with Crippen LogP contribution in [0.3, 0.4) is 0 Å². The number of fused-ring (bicyclic) bond motifs is 1. The van der Waals surface area contributed by atoms with Crippen molar-refractivity contribution in [1.29, 1.82) is 0 Å². The summed E-state index contributed by atoms with van der Waals surface area (Å²) >= 11 is 1.43. The molecule has 1 amide bonds. The lowest BCUT2D eigenvalue weighted by Crippen LogP contribution is -2.33. The molecule has 3 aromatic rings. The van der Waals surface area contributed by atoms with Crippen molar-refractivity contribution < 1.29 is 4.79 Å². The van der Waals surface area contributed by atoms with Gasteiger partial charge < -0.3 is 14.9 Å². The Morgan fingerprint density at radius 1 is 1.40 bits per heavy atom. The second-order valence-corrected chi connectivity index (χ2v) is 7.48. The number of hydrogen-bond acceptors (Lipinski definition) is 4. The molecule has 132 valence electrons. The molecule has 6 nitrogen and oxygen atoms in total. The van der Waals surface area contributed by atoms with E-state index in [2.05, 4.69) is 47.1 Å². The van der Waals surface area contributed by atoms with Crippen LogP contribution in [0.1, 0.15) is 31.3 Å². The fourth-order valence-electron chi connectivity index (χ4n) is 2.68. The summed E-state index contributed by atoms with van der Waals surface area (Å²) in [6.07, 6.45) is 3.60. The molecule has 0 fully saturated rings. The Labute approximate surface area is 151 Å². The number of aromatic nitrogens is 4. The SMILES string of the molecule is Cc1ccc2nc([C@@H](NC(=O)CSc3nccn3C)C(C)C)[nH]c2c1. The van der Waals surface area contributed by atoms with Gasteiger partial charge in [0, 0.05) is 19.4 Å². The van der Waals surface area contributed by atoms with Gasteiger partial charge in [0.1, 0.15) is 5.82 Å². The van der Waals surface area contributed by atoms with Gasteiger partial charge in [-0.1, -0.05) is 31.7 Å². The molecular formula is C18H23N5OS. The van der Waals surface area contributed by atoms with Crippen LogP contribution in [-0.2, 0) is 11.8 Å². The van der Waals surface area contributed by atoms with Gasteiger partial charge in [-0.15, -0.1) is 0 Å². The molecule has 0 aliphatic carbocycles. The van der Waals surface area contributed by atoms with Gasteiger partial charge in [-0.05, 0) is 30.5 Å². The highest BCUT2D eigenvalue weighted by atomic mass is 32.2. The largest absolute Gasteiger partial charge is 0.345 e. The maximum absolute atomic E-state index is 12.4. The van der Waals surface area contributed by atoms with Crippen LogP contribution in [0.15, 0.2) is 35.7 Å². The molecule has 0 aliphatic rings. The maximum Gasteiger partial charge on any atom is 0.231 e. The zero-order chi connectivity index (χ0) is 18.0. The van der Waals surface area contributed by atoms with Crippen LogP contribution in [0.5, 0.6) is 0 Å². The second kappa shape index (κ2) is 7.31. The maximum atomic E-state index is 12.4. The highest BCUT2D eigenvalue weighted by Gasteiger charge is 2.22. The van der Waals surface area contributed by atoms with Crippen molar-refractivity contribution in [2.75, 3.05) is 5.75 Å². The van der Waals surface area contributed by atoms with E-state index in [4.69, 9.17) is 0 Å². The minimum Gasteiger partial charge on any atom is -0.345 e. The molecule has 2 N–H and O–H groups in total. The molecule has 2 heterocycles. The van der Waals surface area contributed by atoms with Crippen molar-refractivity contribution in [1.82, 2.24) is 24.8 Å². The first kappa shape index (κ1) is 17.5. The molecule has 0 aliphatic heterocycles. The Balaban J connectivity index is 1.71. The van der Waals surface area contributed by atoms with Crippen LogP contribution < -0.4 is 5.32 Å². The van der Waals surface area contributed by atoms with Gasteiger partial charge in [-0.25, -0.2) is 9.97 Å². The van der Waals surface area contributed by atoms with E-state index in [0.717, 1.165) is 22.0 Å². The lowest BCUT2D eigenvalue weighted by atomic mass is 10.0. The number of imidazole rings is 2. The number of carbonyl (C=O) groups excluding carboxylic acids is 1. The van der Waals surface area contributed by atoms with E-state index in [9.17, 15) is 4.79 Å². The van der Waals surface area contributed by atoms with Crippen LogP contribution in [0, 0.1) is 12.8 Å². The first-order valence-electron chi connectivity index (χ1n) is 8.30. The number of thioether (sulfide) groups is 1. The molecule has 2 aromatic heterocycles. The molecule has 0 radical (unpaired) electrons. The summed E-state index contributed by atoms with van der Waals surface area (Å²) in [7, 11) is 1.92. The van der Waals surface area contributed by atoms with E-state index >= 15 is 0 Å². The number of nitrogens with one attached hydrogen (secondary N) is 2. The number of amides is 1. The molecular weight excluding hydrogens is 334 g/mol. The minimum atomic E-state index is -0.151. The molecule has 7 heteroatoms. The van der Waals surface area contributed by atoms with E-state index in [1.54, 1.807) is 6.20 Å². The molecule has 0 unspecified atom stereocenters. The van der Waals surface area contributed by atoms with Gasteiger partial charge in [0.25, 0.3) is 0 Å². The van der Waals surface area contributed by atoms with E-state index in [1.165, 1.54) is 17.3 Å². The summed E-state index contributed by atoms with van der Waals surface area (Å²) in [5.41, 5.74) is 3.10. The third-order valence-electron chi connectivity index (χ3n) is 4.04. The number of aryl methyl sites for hydroxylation is 2. The van der Waals surface area contributed by atoms with E-state index < -0.39 is 0 Å². The van der Waals surface area contributed by atoms with Crippen molar-refractivity contribution in [2.24, 2.45) is 13.0 Å². The highest BCUT2D eigenvalue weighted by Crippen LogP contribution is 2.23. The molecule has 1 aromatic carbocycles. The van der Waals surface area contributed by atoms with Crippen molar-refractivity contribution in [3.63, 3.8) is 0 Å². The lowest BCUT2D eigenvalue weighted by molar-refractivity contribution is -0.119. The van der Waals surface area contributed by atoms with Crippen molar-refractivity contribution >= 4 is 28.7 Å². The van der Waals surface area contributed by atoms with Crippen molar-refractivity contribution in [2.45, 2.75) is 32.0 Å². The van der Waals surface area contributed by atoms with Gasteiger partial charge in [-0.3, -0.25) is 4.79 Å². The zero-order valence-corrected chi connectivity index (χ0v) is 15.7. The predicted molar refractivity (Wildman–Crippen MR) is 100 cm³/mol. The number of hydrogen-bond donors (Lipinski definition) is 2. The topological polar surface area (TPSA) is 75.6 Å². The average Bonchev–Trinajstić information content (AvgIpc) is 3.15. The molecule has 1 atom stereocenters. The summed E-state index contributed by atoms with van der Waals surface area (Å²) in [6.45, 7) is 6.21. The minimum absolute atomic E-state index is 0.0247. The standard InChI is InChI=1S/C18H23N5OS/c1-11(2)16(17-20-13-6-5-12(3)9-14(13)21-17)22-15(24)10-25-18-19-7-8-23(18)4/h5-9,11,16H,10H2,1-4H3,(H,20,21)(H,22,24)/t16-/m0/s1. The third kappa shape index (κ3) is 4.04. The second-order valence-electron chi connectivity index (χ2n) is 6.54. The van der Waals surface area contributed by atoms with Gasteiger partial charge in [0.2, 0.25) is 5.91 Å². The fraction of sp³-hybridized carbons (Fsp3) is 0.389. The average molecular weight is 357 g/mol. The molecule has 0 saturated carbocycles. The summed E-state index contributed by atoms with van der Waals surface area (Å²) < 4.78 is 1.90. The summed E-state index contributed by atoms with van der Waals surface area (Å²) in [5, 5.41) is 3.93. The number of rotatable bonds is 6. The van der Waals surface area contributed by atoms with Crippen LogP contribution in [0.4, 0.5) is 0 Å². The first-order chi connectivity index (χ1) is 11.9. The Morgan fingerprint density at radius 3 is 2.88 bits per heavy atom. The fourth-order valence-corrected chi connectivity index (χ4v) is 3.42. The van der Waals surface area contributed by atoms with Crippen LogP contribution >= 0.6 is 11.8 Å². The smallest absolute Gasteiger partial charge is 0.231 e. The van der Waals surface area contributed by atoms with Crippen LogP contribution in [-0.4, -0.2) is 31.2 Å². The predicted octanol–water partition coefficient (Wildman–Crippen LogP) is 3.21. The third-order valence-corrected chi connectivity index (χ3v) is 5.10. The van der Waals surface area contributed by atoms with E-state index in [1.807, 2.05) is 29.9 Å². The van der Waals surface area contributed by atoms with Crippen LogP contribution in [0.25, 0.3) is 11.0 Å². The van der Waals surface area contributed by atoms with Gasteiger partial charge in [0.15, 0.2) is 5.16 Å². The van der Waals surface area contributed by atoms with Gasteiger partial charge >= 0.3 is 0 Å². The quantitative estimate of drug-likeness (QED) is 0.664. The first-order valence-corrected chi connectivity index (χ1v) is 9.28. The highest BCUT2D eigenvalue weighted by molar-refractivity contribution is 7.99.